The molecule has 0 radical (unpaired) electrons. The summed E-state index contributed by atoms with van der Waals surface area (Å²) in [6, 6.07) is 11.4. The normalized spacial score (nSPS) is 16.5. The number of methoxy groups -OCH3 is 1. The van der Waals surface area contributed by atoms with Crippen LogP contribution in [0.3, 0.4) is 0 Å². The standard InChI is InChI=1S/C21H24N4O6S2/c1-30-21(27)15-5-7-17(8-6-15)31-14-16(26)13-24-9-11-25(12-10-24)33(28,29)19-4-2-3-18-20(19)23-32-22-18/h2-8,16,26H,9-14H2,1H3/t16-/m1/s1. The number of nitrogens with zero attached hydrogens (tertiary/aromatic N) is 4. The molecule has 0 bridgehead atoms. The molecule has 3 aromatic rings. The number of piperazine rings is 1. The molecular weight excluding hydrogens is 468 g/mol. The van der Waals surface area contributed by atoms with E-state index in [4.69, 9.17) is 4.74 Å². The topological polar surface area (TPSA) is 122 Å². The molecule has 1 aromatic heterocycles. The molecule has 1 fully saturated rings. The first-order chi connectivity index (χ1) is 15.9. The monoisotopic (exact) mass is 492 g/mol. The minimum absolute atomic E-state index is 0.0783. The lowest BCUT2D eigenvalue weighted by Gasteiger charge is -2.34. The van der Waals surface area contributed by atoms with Crippen molar-refractivity contribution in [2.75, 3.05) is 46.4 Å². The fraction of sp³-hybridized carbons (Fsp3) is 0.381. The minimum Gasteiger partial charge on any atom is -0.491 e. The van der Waals surface area contributed by atoms with E-state index < -0.39 is 22.1 Å². The van der Waals surface area contributed by atoms with Gasteiger partial charge in [0.25, 0.3) is 0 Å². The number of ether oxygens (including phenoxy) is 2. The van der Waals surface area contributed by atoms with Crippen molar-refractivity contribution in [3.63, 3.8) is 0 Å². The van der Waals surface area contributed by atoms with E-state index in [2.05, 4.69) is 13.5 Å². The lowest BCUT2D eigenvalue weighted by Crippen LogP contribution is -2.50. The molecular formula is C21H24N4O6S2. The average Bonchev–Trinajstić information content (AvgIpc) is 3.32. The Morgan fingerprint density at radius 2 is 1.85 bits per heavy atom. The molecule has 1 aliphatic rings. The number of aliphatic hydroxyl groups is 1. The molecule has 10 nitrogen and oxygen atoms in total. The summed E-state index contributed by atoms with van der Waals surface area (Å²) in [4.78, 5) is 13.6. The molecule has 33 heavy (non-hydrogen) atoms. The van der Waals surface area contributed by atoms with Gasteiger partial charge in [-0.05, 0) is 36.4 Å². The summed E-state index contributed by atoms with van der Waals surface area (Å²) in [5.74, 6) is 0.103. The molecule has 0 spiro atoms. The second-order valence-electron chi connectivity index (χ2n) is 7.57. The molecule has 2 aromatic carbocycles. The Morgan fingerprint density at radius 1 is 1.12 bits per heavy atom. The summed E-state index contributed by atoms with van der Waals surface area (Å²) in [7, 11) is -2.36. The van der Waals surface area contributed by atoms with Gasteiger partial charge in [0, 0.05) is 32.7 Å². The van der Waals surface area contributed by atoms with Crippen molar-refractivity contribution in [3.05, 3.63) is 48.0 Å². The smallest absolute Gasteiger partial charge is 0.337 e. The van der Waals surface area contributed by atoms with Crippen LogP contribution >= 0.6 is 11.7 Å². The lowest BCUT2D eigenvalue weighted by atomic mass is 10.2. The highest BCUT2D eigenvalue weighted by molar-refractivity contribution is 7.89. The van der Waals surface area contributed by atoms with Gasteiger partial charge >= 0.3 is 5.97 Å². The number of carbonyl (C=O) groups is 1. The van der Waals surface area contributed by atoms with Crippen molar-refractivity contribution >= 4 is 38.8 Å². The number of benzene rings is 2. The van der Waals surface area contributed by atoms with Gasteiger partial charge in [0.05, 0.1) is 24.4 Å². The average molecular weight is 493 g/mol. The Morgan fingerprint density at radius 3 is 2.55 bits per heavy atom. The number of aliphatic hydroxyl groups excluding tert-OH is 1. The Labute approximate surface area is 195 Å². The van der Waals surface area contributed by atoms with Crippen LogP contribution in [-0.4, -0.2) is 90.0 Å². The van der Waals surface area contributed by atoms with E-state index in [1.807, 2.05) is 4.90 Å². The summed E-state index contributed by atoms with van der Waals surface area (Å²) in [5, 5.41) is 10.4. The Balaban J connectivity index is 1.27. The summed E-state index contributed by atoms with van der Waals surface area (Å²) < 4.78 is 46.2. The zero-order valence-corrected chi connectivity index (χ0v) is 19.6. The van der Waals surface area contributed by atoms with E-state index in [1.165, 1.54) is 11.4 Å². The van der Waals surface area contributed by atoms with Crippen molar-refractivity contribution in [3.8, 4) is 5.75 Å². The maximum Gasteiger partial charge on any atom is 0.337 e. The Kier molecular flexibility index (Phi) is 7.20. The van der Waals surface area contributed by atoms with Gasteiger partial charge in [-0.3, -0.25) is 4.90 Å². The highest BCUT2D eigenvalue weighted by atomic mass is 32.2. The van der Waals surface area contributed by atoms with Crippen LogP contribution in [0.5, 0.6) is 5.75 Å². The number of fused-ring (bicyclic) bond motifs is 1. The van der Waals surface area contributed by atoms with E-state index >= 15 is 0 Å². The number of β-amino-alcohol motifs (C(OH)–C–C–N with tert-alkyl or cyclic N) is 1. The van der Waals surface area contributed by atoms with Crippen LogP contribution in [-0.2, 0) is 14.8 Å². The number of esters is 1. The van der Waals surface area contributed by atoms with Crippen molar-refractivity contribution in [1.29, 1.82) is 0 Å². The van der Waals surface area contributed by atoms with Crippen LogP contribution in [0.2, 0.25) is 0 Å². The summed E-state index contributed by atoms with van der Waals surface area (Å²) in [6.45, 7) is 2.07. The van der Waals surface area contributed by atoms with E-state index in [-0.39, 0.29) is 11.5 Å². The summed E-state index contributed by atoms with van der Waals surface area (Å²) in [5.41, 5.74) is 1.39. The van der Waals surface area contributed by atoms with Gasteiger partial charge in [-0.1, -0.05) is 6.07 Å². The third kappa shape index (κ3) is 5.31. The molecule has 1 aliphatic heterocycles. The zero-order chi connectivity index (χ0) is 23.4. The van der Waals surface area contributed by atoms with Crippen LogP contribution in [0.15, 0.2) is 47.4 Å². The molecule has 2 heterocycles. The lowest BCUT2D eigenvalue weighted by molar-refractivity contribution is 0.0566. The molecule has 12 heteroatoms. The fourth-order valence-electron chi connectivity index (χ4n) is 3.63. The van der Waals surface area contributed by atoms with Gasteiger partial charge in [-0.2, -0.15) is 13.1 Å². The molecule has 4 rings (SSSR count). The second-order valence-corrected chi connectivity index (χ2v) is 10.0. The first-order valence-corrected chi connectivity index (χ1v) is 12.5. The molecule has 1 N–H and O–H groups in total. The van der Waals surface area contributed by atoms with Crippen LogP contribution in [0.4, 0.5) is 0 Å². The van der Waals surface area contributed by atoms with Crippen molar-refractivity contribution in [2.45, 2.75) is 11.0 Å². The highest BCUT2D eigenvalue weighted by Crippen LogP contribution is 2.25. The predicted octanol–water partition coefficient (Wildman–Crippen LogP) is 1.22. The number of aromatic nitrogens is 2. The number of hydrogen-bond donors (Lipinski definition) is 1. The number of carbonyl (C=O) groups excluding carboxylic acids is 1. The predicted molar refractivity (Wildman–Crippen MR) is 122 cm³/mol. The number of sulfonamides is 1. The SMILES string of the molecule is COC(=O)c1ccc(OC[C@H](O)CN2CCN(S(=O)(=O)c3cccc4nsnc34)CC2)cc1. The van der Waals surface area contributed by atoms with Gasteiger partial charge < -0.3 is 14.6 Å². The Hall–Kier alpha value is -2.64. The van der Waals surface area contributed by atoms with E-state index in [1.54, 1.807) is 42.5 Å². The molecule has 0 saturated carbocycles. The minimum atomic E-state index is -3.68. The summed E-state index contributed by atoms with van der Waals surface area (Å²) >= 11 is 0.991. The number of rotatable bonds is 8. The number of hydrogen-bond acceptors (Lipinski definition) is 10. The van der Waals surface area contributed by atoms with E-state index in [0.29, 0.717) is 55.1 Å². The van der Waals surface area contributed by atoms with Gasteiger partial charge in [-0.25, -0.2) is 13.2 Å². The van der Waals surface area contributed by atoms with Gasteiger partial charge in [-0.15, -0.1) is 0 Å². The quantitative estimate of drug-likeness (QED) is 0.463. The van der Waals surface area contributed by atoms with Crippen LogP contribution in [0, 0.1) is 0 Å². The van der Waals surface area contributed by atoms with Gasteiger partial charge in [0.15, 0.2) is 0 Å². The van der Waals surface area contributed by atoms with Gasteiger partial charge in [0.1, 0.15) is 34.4 Å². The van der Waals surface area contributed by atoms with E-state index in [0.717, 1.165) is 11.7 Å². The molecule has 176 valence electrons. The van der Waals surface area contributed by atoms with E-state index in [9.17, 15) is 18.3 Å². The largest absolute Gasteiger partial charge is 0.491 e. The van der Waals surface area contributed by atoms with Crippen molar-refractivity contribution in [2.24, 2.45) is 0 Å². The van der Waals surface area contributed by atoms with Crippen molar-refractivity contribution < 1.29 is 27.8 Å². The van der Waals surface area contributed by atoms with Crippen LogP contribution in [0.1, 0.15) is 10.4 Å². The maximum absolute atomic E-state index is 13.1. The zero-order valence-electron chi connectivity index (χ0n) is 18.0. The third-order valence-corrected chi connectivity index (χ3v) is 7.86. The second kappa shape index (κ2) is 10.1. The first kappa shape index (κ1) is 23.5. The Bertz CT molecular complexity index is 1210. The first-order valence-electron chi connectivity index (χ1n) is 10.3. The fourth-order valence-corrected chi connectivity index (χ4v) is 5.80. The highest BCUT2D eigenvalue weighted by Gasteiger charge is 2.31. The summed E-state index contributed by atoms with van der Waals surface area (Å²) in [6.07, 6.45) is -0.747. The molecule has 1 saturated heterocycles. The molecule has 0 amide bonds. The van der Waals surface area contributed by atoms with Crippen molar-refractivity contribution in [1.82, 2.24) is 18.0 Å². The van der Waals surface area contributed by atoms with Crippen LogP contribution < -0.4 is 4.74 Å². The third-order valence-electron chi connectivity index (χ3n) is 5.38. The molecule has 1 atom stereocenters. The van der Waals surface area contributed by atoms with Crippen LogP contribution in [0.25, 0.3) is 11.0 Å². The molecule has 0 unspecified atom stereocenters. The maximum atomic E-state index is 13.1. The molecule has 0 aliphatic carbocycles. The van der Waals surface area contributed by atoms with Gasteiger partial charge in [0.2, 0.25) is 10.0 Å².